The first-order valence-electron chi connectivity index (χ1n) is 9.39. The Labute approximate surface area is 172 Å². The predicted molar refractivity (Wildman–Crippen MR) is 107 cm³/mol. The number of carbonyl (C=O) groups is 2. The van der Waals surface area contributed by atoms with E-state index < -0.39 is 24.1 Å². The lowest BCUT2D eigenvalue weighted by atomic mass is 10.2. The number of aliphatic hydroxyl groups excluding tert-OH is 1. The van der Waals surface area contributed by atoms with Gasteiger partial charge in [0, 0.05) is 37.6 Å². The summed E-state index contributed by atoms with van der Waals surface area (Å²) in [6, 6.07) is 7.61. The topological polar surface area (TPSA) is 113 Å². The monoisotopic (exact) mass is 418 g/mol. The summed E-state index contributed by atoms with van der Waals surface area (Å²) in [6.45, 7) is 1.86. The molecule has 1 aromatic carbocycles. The van der Waals surface area contributed by atoms with E-state index in [-0.39, 0.29) is 37.9 Å². The minimum absolute atomic E-state index is 0.0379. The smallest absolute Gasteiger partial charge is 0.414 e. The average Bonchev–Trinajstić information content (AvgIpc) is 3.11. The van der Waals surface area contributed by atoms with Gasteiger partial charge in [0.1, 0.15) is 18.8 Å². The third-order valence-corrected chi connectivity index (χ3v) is 4.33. The van der Waals surface area contributed by atoms with Crippen LogP contribution in [0.15, 0.2) is 42.7 Å². The van der Waals surface area contributed by atoms with Crippen LogP contribution in [0.2, 0.25) is 0 Å². The minimum Gasteiger partial charge on any atom is -0.488 e. The van der Waals surface area contributed by atoms with Gasteiger partial charge in [-0.1, -0.05) is 0 Å². The van der Waals surface area contributed by atoms with Crippen LogP contribution in [-0.4, -0.2) is 60.5 Å². The van der Waals surface area contributed by atoms with Gasteiger partial charge in [0.25, 0.3) is 0 Å². The van der Waals surface area contributed by atoms with Crippen LogP contribution in [0.3, 0.4) is 0 Å². The molecular weight excluding hydrogens is 395 g/mol. The van der Waals surface area contributed by atoms with Gasteiger partial charge in [-0.05, 0) is 24.3 Å². The molecule has 1 aliphatic heterocycles. The van der Waals surface area contributed by atoms with Crippen molar-refractivity contribution in [1.29, 1.82) is 0 Å². The molecule has 9 nitrogen and oxygen atoms in total. The van der Waals surface area contributed by atoms with E-state index in [4.69, 9.17) is 9.47 Å². The maximum atomic E-state index is 14.4. The lowest BCUT2D eigenvalue weighted by Crippen LogP contribution is -2.33. The number of amides is 2. The minimum atomic E-state index is -0.861. The van der Waals surface area contributed by atoms with Gasteiger partial charge in [-0.2, -0.15) is 0 Å². The van der Waals surface area contributed by atoms with Crippen molar-refractivity contribution in [3.8, 4) is 5.75 Å². The quantitative estimate of drug-likeness (QED) is 0.566. The number of aliphatic hydroxyl groups is 1. The predicted octanol–water partition coefficient (Wildman–Crippen LogP) is 1.53. The number of nitrogens with zero attached hydrogens (tertiary/aromatic N) is 2. The highest BCUT2D eigenvalue weighted by Gasteiger charge is 2.32. The lowest BCUT2D eigenvalue weighted by Gasteiger charge is -2.16. The molecule has 10 heteroatoms. The van der Waals surface area contributed by atoms with Crippen molar-refractivity contribution in [2.75, 3.05) is 36.5 Å². The molecule has 0 spiro atoms. The molecular formula is C20H23FN4O5. The van der Waals surface area contributed by atoms with E-state index in [1.807, 2.05) is 0 Å². The number of hydrogen-bond donors (Lipinski definition) is 3. The molecule has 1 aromatic heterocycles. The molecule has 2 aromatic rings. The number of anilines is 2. The number of benzene rings is 1. The van der Waals surface area contributed by atoms with E-state index in [0.29, 0.717) is 5.69 Å². The van der Waals surface area contributed by atoms with Crippen molar-refractivity contribution >= 4 is 23.4 Å². The van der Waals surface area contributed by atoms with E-state index in [1.54, 1.807) is 24.5 Å². The molecule has 0 unspecified atom stereocenters. The summed E-state index contributed by atoms with van der Waals surface area (Å²) < 4.78 is 24.9. The Morgan fingerprint density at radius 2 is 2.17 bits per heavy atom. The van der Waals surface area contributed by atoms with Gasteiger partial charge in [0.15, 0.2) is 11.6 Å². The molecule has 1 fully saturated rings. The molecule has 0 bridgehead atoms. The highest BCUT2D eigenvalue weighted by atomic mass is 19.1. The van der Waals surface area contributed by atoms with E-state index in [9.17, 15) is 19.1 Å². The fourth-order valence-corrected chi connectivity index (χ4v) is 2.82. The summed E-state index contributed by atoms with van der Waals surface area (Å²) in [7, 11) is 0. The van der Waals surface area contributed by atoms with Crippen molar-refractivity contribution in [2.24, 2.45) is 0 Å². The standard InChI is InChI=1S/C20H23FN4O5/c1-13(26)23-10-17-11-25(20(28)30-17)15-2-3-19(18(21)8-15)29-12-16(27)9-24-14-4-6-22-7-5-14/h2-8,16-17,27H,9-12H2,1H3,(H,22,24)(H,23,26)/t16-,17-/m0/s1. The Morgan fingerprint density at radius 1 is 1.40 bits per heavy atom. The molecule has 160 valence electrons. The van der Waals surface area contributed by atoms with Crippen molar-refractivity contribution in [3.05, 3.63) is 48.5 Å². The van der Waals surface area contributed by atoms with Crippen molar-refractivity contribution < 1.29 is 28.6 Å². The van der Waals surface area contributed by atoms with Crippen molar-refractivity contribution in [3.63, 3.8) is 0 Å². The first kappa shape index (κ1) is 21.3. The zero-order valence-electron chi connectivity index (χ0n) is 16.4. The van der Waals surface area contributed by atoms with Gasteiger partial charge >= 0.3 is 6.09 Å². The first-order valence-corrected chi connectivity index (χ1v) is 9.39. The van der Waals surface area contributed by atoms with E-state index in [2.05, 4.69) is 15.6 Å². The summed E-state index contributed by atoms with van der Waals surface area (Å²) in [5.41, 5.74) is 1.11. The molecule has 0 radical (unpaired) electrons. The molecule has 2 amide bonds. The summed E-state index contributed by atoms with van der Waals surface area (Å²) in [5, 5.41) is 15.6. The number of cyclic esters (lactones) is 1. The van der Waals surface area contributed by atoms with Crippen LogP contribution in [0.25, 0.3) is 0 Å². The van der Waals surface area contributed by atoms with Crippen molar-refractivity contribution in [2.45, 2.75) is 19.1 Å². The Kier molecular flexibility index (Phi) is 7.02. The van der Waals surface area contributed by atoms with Gasteiger partial charge in [0.05, 0.1) is 18.8 Å². The molecule has 2 heterocycles. The normalized spacial score (nSPS) is 16.7. The van der Waals surface area contributed by atoms with E-state index >= 15 is 0 Å². The van der Waals surface area contributed by atoms with Gasteiger partial charge in [-0.3, -0.25) is 14.7 Å². The number of rotatable bonds is 9. The molecule has 3 rings (SSSR count). The molecule has 30 heavy (non-hydrogen) atoms. The van der Waals surface area contributed by atoms with Crippen LogP contribution in [0.1, 0.15) is 6.92 Å². The third-order valence-electron chi connectivity index (χ3n) is 4.33. The Morgan fingerprint density at radius 3 is 2.87 bits per heavy atom. The van der Waals surface area contributed by atoms with Crippen molar-refractivity contribution in [1.82, 2.24) is 10.3 Å². The molecule has 3 N–H and O–H groups in total. The molecule has 1 aliphatic rings. The molecule has 2 atom stereocenters. The highest BCUT2D eigenvalue weighted by molar-refractivity contribution is 5.89. The maximum absolute atomic E-state index is 14.4. The second-order valence-electron chi connectivity index (χ2n) is 6.75. The molecule has 0 saturated carbocycles. The van der Waals surface area contributed by atoms with Crippen LogP contribution < -0.4 is 20.3 Å². The summed E-state index contributed by atoms with van der Waals surface area (Å²) in [4.78, 5) is 28.2. The lowest BCUT2D eigenvalue weighted by molar-refractivity contribution is -0.119. The van der Waals surface area contributed by atoms with Gasteiger partial charge < -0.3 is 25.2 Å². The van der Waals surface area contributed by atoms with Gasteiger partial charge in [-0.25, -0.2) is 9.18 Å². The van der Waals surface area contributed by atoms with Crippen LogP contribution in [0, 0.1) is 5.82 Å². The van der Waals surface area contributed by atoms with Crippen LogP contribution >= 0.6 is 0 Å². The van der Waals surface area contributed by atoms with Crippen LogP contribution in [0.4, 0.5) is 20.6 Å². The fourth-order valence-electron chi connectivity index (χ4n) is 2.82. The van der Waals surface area contributed by atoms with Crippen LogP contribution in [0.5, 0.6) is 5.75 Å². The zero-order chi connectivity index (χ0) is 21.5. The van der Waals surface area contributed by atoms with Gasteiger partial charge in [-0.15, -0.1) is 0 Å². The number of carbonyl (C=O) groups excluding carboxylic acids is 2. The van der Waals surface area contributed by atoms with Gasteiger partial charge in [0.2, 0.25) is 5.91 Å². The largest absolute Gasteiger partial charge is 0.488 e. The second-order valence-corrected chi connectivity index (χ2v) is 6.75. The summed E-state index contributed by atoms with van der Waals surface area (Å²) >= 11 is 0. The SMILES string of the molecule is CC(=O)NC[C@H]1CN(c2ccc(OC[C@@H](O)CNc3ccncc3)c(F)c2)C(=O)O1. The fraction of sp³-hybridized carbons (Fsp3) is 0.350. The number of ether oxygens (including phenoxy) is 2. The Hall–Kier alpha value is -3.40. The Bertz CT molecular complexity index is 883. The Balaban J connectivity index is 1.51. The molecule has 1 saturated heterocycles. The van der Waals surface area contributed by atoms with E-state index in [0.717, 1.165) is 5.69 Å². The maximum Gasteiger partial charge on any atom is 0.414 e. The summed E-state index contributed by atoms with van der Waals surface area (Å²) in [6.07, 6.45) is 1.26. The highest BCUT2D eigenvalue weighted by Crippen LogP contribution is 2.27. The average molecular weight is 418 g/mol. The number of pyridine rings is 1. The zero-order valence-corrected chi connectivity index (χ0v) is 16.4. The first-order chi connectivity index (χ1) is 14.4. The number of halogens is 1. The third kappa shape index (κ3) is 5.80. The van der Waals surface area contributed by atoms with Crippen LogP contribution in [-0.2, 0) is 9.53 Å². The second kappa shape index (κ2) is 9.88. The van der Waals surface area contributed by atoms with E-state index in [1.165, 1.54) is 30.0 Å². The molecule has 0 aliphatic carbocycles. The number of aromatic nitrogens is 1. The number of hydrogen-bond acceptors (Lipinski definition) is 7. The number of nitrogens with one attached hydrogen (secondary N) is 2. The summed E-state index contributed by atoms with van der Waals surface area (Å²) in [5.74, 6) is -0.931.